The predicted octanol–water partition coefficient (Wildman–Crippen LogP) is 3.03. The molecule has 2 rings (SSSR count). The average Bonchev–Trinajstić information content (AvgIpc) is 2.87. The molecule has 2 aliphatic rings. The lowest BCUT2D eigenvalue weighted by Gasteiger charge is -2.39. The second kappa shape index (κ2) is 5.63. The van der Waals surface area contributed by atoms with Crippen LogP contribution >= 0.6 is 0 Å². The van der Waals surface area contributed by atoms with E-state index in [-0.39, 0.29) is 13.0 Å². The van der Waals surface area contributed by atoms with Gasteiger partial charge in [-0.1, -0.05) is 0 Å². The Kier molecular flexibility index (Phi) is 4.59. The van der Waals surface area contributed by atoms with Crippen LogP contribution in [0.25, 0.3) is 0 Å². The Labute approximate surface area is 130 Å². The standard InChI is InChI=1S/C12H14F9NO2/c13-10(14,15)9(11(16,17)18,12(19,20)21)24-7-4-8(6-23)2-1-3-22(8)5-7/h7,23H,1-6H2/t7-,8-/m1/s1. The van der Waals surface area contributed by atoms with Crippen LogP contribution in [-0.4, -0.2) is 65.5 Å². The normalized spacial score (nSPS) is 30.0. The number of ether oxygens (including phenoxy) is 1. The van der Waals surface area contributed by atoms with Crippen molar-refractivity contribution in [2.75, 3.05) is 19.7 Å². The summed E-state index contributed by atoms with van der Waals surface area (Å²) in [5.74, 6) is 0. The SMILES string of the molecule is OC[C@]12CCCN1C[C@H](OC(C(F)(F)F)(C(F)(F)F)C(F)(F)F)C2. The highest BCUT2D eigenvalue weighted by Crippen LogP contribution is 2.56. The van der Waals surface area contributed by atoms with Gasteiger partial charge in [0.2, 0.25) is 0 Å². The Morgan fingerprint density at radius 1 is 0.958 bits per heavy atom. The van der Waals surface area contributed by atoms with Gasteiger partial charge in [0.05, 0.1) is 12.7 Å². The molecule has 0 spiro atoms. The van der Waals surface area contributed by atoms with Gasteiger partial charge in [-0.25, -0.2) is 0 Å². The van der Waals surface area contributed by atoms with E-state index in [1.54, 1.807) is 0 Å². The zero-order chi connectivity index (χ0) is 18.6. The molecule has 0 aliphatic carbocycles. The second-order valence-corrected chi connectivity index (χ2v) is 6.05. The molecule has 12 heteroatoms. The smallest absolute Gasteiger partial charge is 0.394 e. The zero-order valence-electron chi connectivity index (χ0n) is 12.0. The summed E-state index contributed by atoms with van der Waals surface area (Å²) in [7, 11) is 0. The predicted molar refractivity (Wildman–Crippen MR) is 61.0 cm³/mol. The van der Waals surface area contributed by atoms with Crippen molar-refractivity contribution in [3.05, 3.63) is 0 Å². The first-order valence-electron chi connectivity index (χ1n) is 6.94. The fourth-order valence-electron chi connectivity index (χ4n) is 3.50. The van der Waals surface area contributed by atoms with E-state index in [1.807, 2.05) is 0 Å². The highest BCUT2D eigenvalue weighted by molar-refractivity contribution is 5.08. The molecular weight excluding hydrogens is 361 g/mol. The van der Waals surface area contributed by atoms with Crippen molar-refractivity contribution < 1.29 is 49.4 Å². The van der Waals surface area contributed by atoms with Gasteiger partial charge in [0.15, 0.2) is 0 Å². The van der Waals surface area contributed by atoms with Crippen LogP contribution in [0, 0.1) is 0 Å². The van der Waals surface area contributed by atoms with E-state index in [0.29, 0.717) is 6.42 Å². The van der Waals surface area contributed by atoms with E-state index in [9.17, 15) is 44.6 Å². The van der Waals surface area contributed by atoms with Gasteiger partial charge >= 0.3 is 24.1 Å². The molecule has 2 saturated heterocycles. The Hall–Kier alpha value is -0.750. The van der Waals surface area contributed by atoms with Gasteiger partial charge in [-0.15, -0.1) is 0 Å². The van der Waals surface area contributed by atoms with Crippen LogP contribution in [0.4, 0.5) is 39.5 Å². The number of nitrogens with zero attached hydrogens (tertiary/aromatic N) is 1. The number of fused-ring (bicyclic) bond motifs is 1. The lowest BCUT2D eigenvalue weighted by molar-refractivity contribution is -0.463. The Morgan fingerprint density at radius 3 is 1.83 bits per heavy atom. The van der Waals surface area contributed by atoms with Crippen LogP contribution in [0.2, 0.25) is 0 Å². The maximum Gasteiger partial charge on any atom is 0.435 e. The Balaban J connectivity index is 2.38. The summed E-state index contributed by atoms with van der Waals surface area (Å²) < 4.78 is 119. The summed E-state index contributed by atoms with van der Waals surface area (Å²) >= 11 is 0. The quantitative estimate of drug-likeness (QED) is 0.770. The first kappa shape index (κ1) is 19.6. The molecule has 0 amide bonds. The van der Waals surface area contributed by atoms with Gasteiger partial charge in [0, 0.05) is 12.1 Å². The first-order valence-corrected chi connectivity index (χ1v) is 6.94. The fourth-order valence-corrected chi connectivity index (χ4v) is 3.50. The van der Waals surface area contributed by atoms with Crippen LogP contribution in [0.3, 0.4) is 0 Å². The second-order valence-electron chi connectivity index (χ2n) is 6.05. The van der Waals surface area contributed by atoms with E-state index in [2.05, 4.69) is 4.74 Å². The van der Waals surface area contributed by atoms with Crippen molar-refractivity contribution >= 4 is 0 Å². The van der Waals surface area contributed by atoms with E-state index in [0.717, 1.165) is 0 Å². The number of aliphatic hydroxyl groups is 1. The molecule has 0 aromatic carbocycles. The number of halogens is 9. The zero-order valence-corrected chi connectivity index (χ0v) is 12.0. The number of hydrogen-bond acceptors (Lipinski definition) is 3. The minimum Gasteiger partial charge on any atom is -0.394 e. The molecular formula is C12H14F9NO2. The largest absolute Gasteiger partial charge is 0.435 e. The Morgan fingerprint density at radius 2 is 1.46 bits per heavy atom. The van der Waals surface area contributed by atoms with Gasteiger partial charge in [-0.2, -0.15) is 39.5 Å². The summed E-state index contributed by atoms with van der Waals surface area (Å²) in [6.07, 6.45) is -21.9. The topological polar surface area (TPSA) is 32.7 Å². The van der Waals surface area contributed by atoms with E-state index in [1.165, 1.54) is 4.90 Å². The van der Waals surface area contributed by atoms with Crippen molar-refractivity contribution in [3.8, 4) is 0 Å². The maximum absolute atomic E-state index is 12.9. The number of aliphatic hydroxyl groups excluding tert-OH is 1. The lowest BCUT2D eigenvalue weighted by atomic mass is 9.93. The van der Waals surface area contributed by atoms with Crippen LogP contribution < -0.4 is 0 Å². The molecule has 1 N–H and O–H groups in total. The van der Waals surface area contributed by atoms with Crippen molar-refractivity contribution in [1.82, 2.24) is 4.90 Å². The summed E-state index contributed by atoms with van der Waals surface area (Å²) in [6.45, 7) is -0.855. The molecule has 142 valence electrons. The van der Waals surface area contributed by atoms with Gasteiger partial charge in [-0.05, 0) is 25.8 Å². The third-order valence-corrected chi connectivity index (χ3v) is 4.61. The third-order valence-electron chi connectivity index (χ3n) is 4.61. The van der Waals surface area contributed by atoms with Crippen LogP contribution in [0.1, 0.15) is 19.3 Å². The van der Waals surface area contributed by atoms with Crippen LogP contribution in [0.15, 0.2) is 0 Å². The monoisotopic (exact) mass is 375 g/mol. The van der Waals surface area contributed by atoms with Crippen LogP contribution in [0.5, 0.6) is 0 Å². The average molecular weight is 375 g/mol. The minimum atomic E-state index is -6.73. The molecule has 2 aliphatic heterocycles. The number of rotatable bonds is 3. The van der Waals surface area contributed by atoms with Crippen molar-refractivity contribution in [1.29, 1.82) is 0 Å². The highest BCUT2D eigenvalue weighted by Gasteiger charge is 2.86. The van der Waals surface area contributed by atoms with E-state index in [4.69, 9.17) is 0 Å². The molecule has 0 aromatic rings. The van der Waals surface area contributed by atoms with Gasteiger partial charge in [-0.3, -0.25) is 4.90 Å². The first-order chi connectivity index (χ1) is 10.7. The maximum atomic E-state index is 12.9. The number of alkyl halides is 9. The summed E-state index contributed by atoms with van der Waals surface area (Å²) in [6, 6.07) is 0. The molecule has 24 heavy (non-hydrogen) atoms. The van der Waals surface area contributed by atoms with Gasteiger partial charge in [0.25, 0.3) is 0 Å². The van der Waals surface area contributed by atoms with Crippen molar-refractivity contribution in [2.24, 2.45) is 0 Å². The summed E-state index contributed by atoms with van der Waals surface area (Å²) in [4.78, 5) is 1.38. The Bertz CT molecular complexity index is 437. The fraction of sp³-hybridized carbons (Fsp3) is 1.00. The molecule has 0 bridgehead atoms. The lowest BCUT2D eigenvalue weighted by Crippen LogP contribution is -2.68. The molecule has 0 unspecified atom stereocenters. The summed E-state index contributed by atoms with van der Waals surface area (Å²) in [5, 5.41) is 9.36. The van der Waals surface area contributed by atoms with E-state index < -0.39 is 55.3 Å². The molecule has 3 nitrogen and oxygen atoms in total. The van der Waals surface area contributed by atoms with Gasteiger partial charge < -0.3 is 9.84 Å². The number of hydrogen-bond donors (Lipinski definition) is 1. The molecule has 2 heterocycles. The van der Waals surface area contributed by atoms with Crippen molar-refractivity contribution in [3.63, 3.8) is 0 Å². The van der Waals surface area contributed by atoms with E-state index >= 15 is 0 Å². The van der Waals surface area contributed by atoms with Crippen molar-refractivity contribution in [2.45, 2.75) is 55.0 Å². The summed E-state index contributed by atoms with van der Waals surface area (Å²) in [5.41, 5.74) is -7.38. The molecule has 2 atom stereocenters. The minimum absolute atomic E-state index is 0.261. The van der Waals surface area contributed by atoms with Crippen LogP contribution in [-0.2, 0) is 4.74 Å². The third kappa shape index (κ3) is 2.75. The highest BCUT2D eigenvalue weighted by atomic mass is 19.4. The van der Waals surface area contributed by atoms with Gasteiger partial charge in [0.1, 0.15) is 0 Å². The molecule has 0 saturated carbocycles. The molecule has 0 radical (unpaired) electrons. The molecule has 2 fully saturated rings. The molecule has 0 aromatic heterocycles.